The maximum absolute atomic E-state index is 12.4. The molecular formula is C18H27ClN2O. The second-order valence-electron chi connectivity index (χ2n) is 7.08. The predicted octanol–water partition coefficient (Wildman–Crippen LogP) is 3.73. The van der Waals surface area contributed by atoms with Gasteiger partial charge in [-0.15, -0.1) is 0 Å². The number of hydrogen-bond acceptors (Lipinski definition) is 2. The molecule has 22 heavy (non-hydrogen) atoms. The molecule has 1 saturated heterocycles. The Morgan fingerprint density at radius 2 is 2.18 bits per heavy atom. The minimum Gasteiger partial charge on any atom is -0.347 e. The summed E-state index contributed by atoms with van der Waals surface area (Å²) in [6, 6.07) is 5.96. The second kappa shape index (κ2) is 7.01. The van der Waals surface area contributed by atoms with Crippen LogP contribution in [0.5, 0.6) is 0 Å². The quantitative estimate of drug-likeness (QED) is 0.916. The molecule has 0 unspecified atom stereocenters. The van der Waals surface area contributed by atoms with Crippen molar-refractivity contribution >= 4 is 17.5 Å². The van der Waals surface area contributed by atoms with Crippen LogP contribution in [0.15, 0.2) is 18.2 Å². The van der Waals surface area contributed by atoms with Crippen molar-refractivity contribution in [1.82, 2.24) is 10.2 Å². The Balaban J connectivity index is 2.01. The van der Waals surface area contributed by atoms with Crippen molar-refractivity contribution in [3.63, 3.8) is 0 Å². The molecule has 1 aromatic rings. The molecule has 1 aromatic carbocycles. The average molecular weight is 323 g/mol. The van der Waals surface area contributed by atoms with Crippen LogP contribution in [0.4, 0.5) is 0 Å². The van der Waals surface area contributed by atoms with Crippen molar-refractivity contribution in [1.29, 1.82) is 0 Å². The Morgan fingerprint density at radius 1 is 1.45 bits per heavy atom. The van der Waals surface area contributed by atoms with Crippen LogP contribution in [0.2, 0.25) is 5.02 Å². The highest BCUT2D eigenvalue weighted by Crippen LogP contribution is 2.30. The molecule has 0 aromatic heterocycles. The van der Waals surface area contributed by atoms with Crippen molar-refractivity contribution in [2.45, 2.75) is 45.6 Å². The van der Waals surface area contributed by atoms with Crippen LogP contribution in [0.25, 0.3) is 0 Å². The van der Waals surface area contributed by atoms with E-state index in [4.69, 9.17) is 11.6 Å². The van der Waals surface area contributed by atoms with E-state index in [9.17, 15) is 4.79 Å². The lowest BCUT2D eigenvalue weighted by Gasteiger charge is -2.32. The minimum absolute atomic E-state index is 0.114. The SMILES string of the molecule is Cc1cccc(C(C)(C)NC(=O)C[C@@H]2CCCN(C)C2)c1Cl. The van der Waals surface area contributed by atoms with Crippen molar-refractivity contribution in [3.8, 4) is 0 Å². The summed E-state index contributed by atoms with van der Waals surface area (Å²) in [6.07, 6.45) is 2.92. The molecule has 122 valence electrons. The Labute approximate surface area is 139 Å². The second-order valence-corrected chi connectivity index (χ2v) is 7.46. The number of carbonyl (C=O) groups is 1. The van der Waals surface area contributed by atoms with Crippen molar-refractivity contribution in [2.75, 3.05) is 20.1 Å². The van der Waals surface area contributed by atoms with Gasteiger partial charge in [-0.3, -0.25) is 4.79 Å². The molecule has 1 atom stereocenters. The average Bonchev–Trinajstić information content (AvgIpc) is 2.40. The maximum atomic E-state index is 12.4. The number of halogens is 1. The maximum Gasteiger partial charge on any atom is 0.220 e. The van der Waals surface area contributed by atoms with Gasteiger partial charge >= 0.3 is 0 Å². The molecule has 2 rings (SSSR count). The number of benzene rings is 1. The first-order valence-corrected chi connectivity index (χ1v) is 8.42. The molecule has 0 saturated carbocycles. The number of nitrogens with one attached hydrogen (secondary N) is 1. The van der Waals surface area contributed by atoms with E-state index in [1.165, 1.54) is 6.42 Å². The highest BCUT2D eigenvalue weighted by molar-refractivity contribution is 6.32. The van der Waals surface area contributed by atoms with Crippen LogP contribution in [-0.2, 0) is 10.3 Å². The van der Waals surface area contributed by atoms with Gasteiger partial charge in [0.2, 0.25) is 5.91 Å². The van der Waals surface area contributed by atoms with E-state index >= 15 is 0 Å². The van der Waals surface area contributed by atoms with Gasteiger partial charge in [0.05, 0.1) is 5.54 Å². The summed E-state index contributed by atoms with van der Waals surface area (Å²) >= 11 is 6.41. The number of carbonyl (C=O) groups excluding carboxylic acids is 1. The molecule has 1 amide bonds. The number of piperidine rings is 1. The lowest BCUT2D eigenvalue weighted by atomic mass is 9.91. The summed E-state index contributed by atoms with van der Waals surface area (Å²) in [4.78, 5) is 14.7. The van der Waals surface area contributed by atoms with E-state index in [-0.39, 0.29) is 5.91 Å². The highest BCUT2D eigenvalue weighted by Gasteiger charge is 2.27. The van der Waals surface area contributed by atoms with E-state index in [1.54, 1.807) is 0 Å². The summed E-state index contributed by atoms with van der Waals surface area (Å²) < 4.78 is 0. The third-order valence-electron chi connectivity index (χ3n) is 4.51. The molecule has 0 bridgehead atoms. The van der Waals surface area contributed by atoms with Gasteiger partial charge in [-0.2, -0.15) is 0 Å². The molecular weight excluding hydrogens is 296 g/mol. The van der Waals surface area contributed by atoms with Gasteiger partial charge in [0.1, 0.15) is 0 Å². The zero-order valence-corrected chi connectivity index (χ0v) is 14.8. The van der Waals surface area contributed by atoms with Crippen LogP contribution in [0.1, 0.15) is 44.2 Å². The monoisotopic (exact) mass is 322 g/mol. The standard InChI is InChI=1S/C18H27ClN2O/c1-13-7-5-9-15(17(13)19)18(2,3)20-16(22)11-14-8-6-10-21(4)12-14/h5,7,9,14H,6,8,10-12H2,1-4H3,(H,20,22)/t14-/m0/s1. The molecule has 1 aliphatic rings. The Hall–Kier alpha value is -1.06. The van der Waals surface area contributed by atoms with Crippen LogP contribution in [0.3, 0.4) is 0 Å². The molecule has 1 fully saturated rings. The van der Waals surface area contributed by atoms with Crippen LogP contribution in [0, 0.1) is 12.8 Å². The van der Waals surface area contributed by atoms with Gasteiger partial charge in [0.15, 0.2) is 0 Å². The summed E-state index contributed by atoms with van der Waals surface area (Å²) in [5.41, 5.74) is 1.56. The Kier molecular flexibility index (Phi) is 5.51. The summed E-state index contributed by atoms with van der Waals surface area (Å²) in [6.45, 7) is 8.17. The summed E-state index contributed by atoms with van der Waals surface area (Å²) in [5, 5.41) is 3.90. The molecule has 4 heteroatoms. The van der Waals surface area contributed by atoms with Gasteiger partial charge in [-0.05, 0) is 64.3 Å². The lowest BCUT2D eigenvalue weighted by molar-refractivity contribution is -0.124. The molecule has 1 heterocycles. The molecule has 3 nitrogen and oxygen atoms in total. The number of rotatable bonds is 4. The fourth-order valence-corrected chi connectivity index (χ4v) is 3.66. The van der Waals surface area contributed by atoms with Crippen molar-refractivity contribution in [3.05, 3.63) is 34.3 Å². The third kappa shape index (κ3) is 4.23. The van der Waals surface area contributed by atoms with E-state index in [1.807, 2.05) is 39.0 Å². The van der Waals surface area contributed by atoms with Gasteiger partial charge in [0, 0.05) is 18.0 Å². The predicted molar refractivity (Wildman–Crippen MR) is 92.2 cm³/mol. The third-order valence-corrected chi connectivity index (χ3v) is 5.01. The zero-order valence-electron chi connectivity index (χ0n) is 14.1. The lowest BCUT2D eigenvalue weighted by Crippen LogP contribution is -2.43. The fraction of sp³-hybridized carbons (Fsp3) is 0.611. The van der Waals surface area contributed by atoms with Gasteiger partial charge < -0.3 is 10.2 Å². The van der Waals surface area contributed by atoms with Crippen molar-refractivity contribution in [2.24, 2.45) is 5.92 Å². The number of hydrogen-bond donors (Lipinski definition) is 1. The van der Waals surface area contributed by atoms with E-state index in [0.29, 0.717) is 12.3 Å². The Bertz CT molecular complexity index is 542. The van der Waals surface area contributed by atoms with Crippen molar-refractivity contribution < 1.29 is 4.79 Å². The number of likely N-dealkylation sites (tertiary alicyclic amines) is 1. The first-order chi connectivity index (χ1) is 10.3. The molecule has 0 spiro atoms. The molecule has 1 N–H and O–H groups in total. The number of nitrogens with zero attached hydrogens (tertiary/aromatic N) is 1. The van der Waals surface area contributed by atoms with Gasteiger partial charge in [-0.25, -0.2) is 0 Å². The molecule has 0 aliphatic carbocycles. The zero-order chi connectivity index (χ0) is 16.3. The highest BCUT2D eigenvalue weighted by atomic mass is 35.5. The van der Waals surface area contributed by atoms with Crippen LogP contribution < -0.4 is 5.32 Å². The summed E-state index contributed by atoms with van der Waals surface area (Å²) in [5.74, 6) is 0.574. The summed E-state index contributed by atoms with van der Waals surface area (Å²) in [7, 11) is 2.13. The fourth-order valence-electron chi connectivity index (χ4n) is 3.30. The normalized spacial score (nSPS) is 20.0. The van der Waals surface area contributed by atoms with Crippen LogP contribution >= 0.6 is 11.6 Å². The molecule has 1 aliphatic heterocycles. The molecule has 0 radical (unpaired) electrons. The van der Waals surface area contributed by atoms with E-state index in [2.05, 4.69) is 17.3 Å². The Morgan fingerprint density at radius 3 is 2.86 bits per heavy atom. The smallest absolute Gasteiger partial charge is 0.220 e. The van der Waals surface area contributed by atoms with Crippen LogP contribution in [-0.4, -0.2) is 30.9 Å². The topological polar surface area (TPSA) is 32.3 Å². The number of amides is 1. The van der Waals surface area contributed by atoms with E-state index in [0.717, 1.165) is 35.7 Å². The first kappa shape index (κ1) is 17.3. The van der Waals surface area contributed by atoms with Gasteiger partial charge in [0.25, 0.3) is 0 Å². The van der Waals surface area contributed by atoms with E-state index < -0.39 is 5.54 Å². The largest absolute Gasteiger partial charge is 0.347 e. The number of aryl methyl sites for hydroxylation is 1. The first-order valence-electron chi connectivity index (χ1n) is 8.05. The minimum atomic E-state index is -0.458. The van der Waals surface area contributed by atoms with Gasteiger partial charge in [-0.1, -0.05) is 29.8 Å².